The van der Waals surface area contributed by atoms with Gasteiger partial charge in [-0.2, -0.15) is 5.10 Å². The Bertz CT molecular complexity index is 1020. The van der Waals surface area contributed by atoms with Crippen LogP contribution in [0, 0.1) is 5.92 Å². The highest BCUT2D eigenvalue weighted by Crippen LogP contribution is 2.40. The zero-order valence-electron chi connectivity index (χ0n) is 21.5. The first kappa shape index (κ1) is 26.4. The zero-order chi connectivity index (χ0) is 25.3. The maximum atomic E-state index is 13.1. The van der Waals surface area contributed by atoms with Gasteiger partial charge in [-0.05, 0) is 78.4 Å². The second-order valence-electron chi connectivity index (χ2n) is 10.9. The molecule has 0 spiro atoms. The van der Waals surface area contributed by atoms with Gasteiger partial charge in [0.05, 0.1) is 29.0 Å². The molecule has 1 heterocycles. The lowest BCUT2D eigenvalue weighted by Gasteiger charge is -2.34. The number of methoxy groups -OCH3 is 1. The Morgan fingerprint density at radius 3 is 2.53 bits per heavy atom. The summed E-state index contributed by atoms with van der Waals surface area (Å²) < 4.78 is 7.46. The van der Waals surface area contributed by atoms with Crippen LogP contribution >= 0.6 is 11.6 Å². The van der Waals surface area contributed by atoms with Crippen molar-refractivity contribution in [2.45, 2.75) is 84.4 Å². The Kier molecular flexibility index (Phi) is 7.88. The molecule has 7 nitrogen and oxygen atoms in total. The summed E-state index contributed by atoms with van der Waals surface area (Å²) in [5.41, 5.74) is 1.13. The lowest BCUT2D eigenvalue weighted by molar-refractivity contribution is -0.00544. The van der Waals surface area contributed by atoms with Crippen LogP contribution in [0.4, 0.5) is 5.69 Å². The number of aromatic nitrogens is 2. The molecular formula is C26H39ClN4O3. The lowest BCUT2D eigenvalue weighted by atomic mass is 9.79. The molecule has 1 aromatic heterocycles. The average molecular weight is 491 g/mol. The van der Waals surface area contributed by atoms with Crippen LogP contribution < -0.4 is 15.4 Å². The molecule has 2 aromatic rings. The molecule has 0 bridgehead atoms. The van der Waals surface area contributed by atoms with Crippen molar-refractivity contribution in [1.82, 2.24) is 15.1 Å². The van der Waals surface area contributed by atoms with Gasteiger partial charge in [0, 0.05) is 29.9 Å². The van der Waals surface area contributed by atoms with Gasteiger partial charge in [-0.25, -0.2) is 0 Å². The maximum absolute atomic E-state index is 13.1. The van der Waals surface area contributed by atoms with E-state index in [1.807, 2.05) is 39.0 Å². The van der Waals surface area contributed by atoms with Crippen molar-refractivity contribution in [1.29, 1.82) is 0 Å². The summed E-state index contributed by atoms with van der Waals surface area (Å²) >= 11 is 6.82. The van der Waals surface area contributed by atoms with Crippen molar-refractivity contribution in [3.05, 3.63) is 28.9 Å². The van der Waals surface area contributed by atoms with E-state index in [1.165, 1.54) is 0 Å². The molecule has 0 atom stereocenters. The second kappa shape index (κ2) is 10.2. The van der Waals surface area contributed by atoms with Crippen molar-refractivity contribution >= 4 is 23.2 Å². The third-order valence-corrected chi connectivity index (χ3v) is 6.73. The second-order valence-corrected chi connectivity index (χ2v) is 11.3. The molecule has 1 aliphatic rings. The largest absolute Gasteiger partial charge is 0.496 e. The number of nitrogens with one attached hydrogen (secondary N) is 2. The highest BCUT2D eigenvalue weighted by molar-refractivity contribution is 6.36. The van der Waals surface area contributed by atoms with Gasteiger partial charge in [0.15, 0.2) is 5.69 Å². The molecule has 8 heteroatoms. The predicted molar refractivity (Wildman–Crippen MR) is 138 cm³/mol. The fourth-order valence-corrected chi connectivity index (χ4v) is 4.68. The highest BCUT2D eigenvalue weighted by Gasteiger charge is 2.34. The minimum atomic E-state index is -0.882. The summed E-state index contributed by atoms with van der Waals surface area (Å²) in [4.78, 5) is 13.1. The van der Waals surface area contributed by atoms with Gasteiger partial charge in [0.25, 0.3) is 5.91 Å². The molecule has 0 unspecified atom stereocenters. The molecule has 0 aliphatic heterocycles. The van der Waals surface area contributed by atoms with E-state index in [9.17, 15) is 9.90 Å². The van der Waals surface area contributed by atoms with Gasteiger partial charge >= 0.3 is 0 Å². The van der Waals surface area contributed by atoms with E-state index in [0.717, 1.165) is 24.1 Å². The Morgan fingerprint density at radius 2 is 1.97 bits per heavy atom. The van der Waals surface area contributed by atoms with Crippen LogP contribution in [0.2, 0.25) is 5.02 Å². The highest BCUT2D eigenvalue weighted by atomic mass is 35.5. The number of amides is 1. The SMILES string of the molecule is COc1cc(NC(C)C)ccc1-c1c(Cl)c(C(=O)NCC2(O)CCC(C)CC2)nn1C(C)(C)C. The zero-order valence-corrected chi connectivity index (χ0v) is 22.2. The number of anilines is 1. The van der Waals surface area contributed by atoms with Crippen LogP contribution in [0.25, 0.3) is 11.3 Å². The van der Waals surface area contributed by atoms with E-state index < -0.39 is 17.0 Å². The molecule has 1 aromatic carbocycles. The molecule has 188 valence electrons. The van der Waals surface area contributed by atoms with Gasteiger partial charge in [0.1, 0.15) is 5.75 Å². The predicted octanol–water partition coefficient (Wildman–Crippen LogP) is 5.46. The van der Waals surface area contributed by atoms with Gasteiger partial charge in [-0.1, -0.05) is 18.5 Å². The van der Waals surface area contributed by atoms with Crippen LogP contribution in [0.1, 0.15) is 77.7 Å². The first-order chi connectivity index (χ1) is 15.8. The van der Waals surface area contributed by atoms with Crippen molar-refractivity contribution in [2.24, 2.45) is 5.92 Å². The van der Waals surface area contributed by atoms with Crippen LogP contribution in [-0.4, -0.2) is 46.1 Å². The first-order valence-corrected chi connectivity index (χ1v) is 12.5. The van der Waals surface area contributed by atoms with Gasteiger partial charge in [0.2, 0.25) is 0 Å². The fraction of sp³-hybridized carbons (Fsp3) is 0.615. The maximum Gasteiger partial charge on any atom is 0.273 e. The van der Waals surface area contributed by atoms with E-state index in [-0.39, 0.29) is 23.3 Å². The van der Waals surface area contributed by atoms with Crippen molar-refractivity contribution in [3.8, 4) is 17.0 Å². The number of benzene rings is 1. The molecule has 34 heavy (non-hydrogen) atoms. The third kappa shape index (κ3) is 5.87. The Hall–Kier alpha value is -2.25. The van der Waals surface area contributed by atoms with E-state index in [4.69, 9.17) is 16.3 Å². The Balaban J connectivity index is 1.95. The number of hydrogen-bond donors (Lipinski definition) is 3. The van der Waals surface area contributed by atoms with E-state index in [2.05, 4.69) is 36.5 Å². The smallest absolute Gasteiger partial charge is 0.273 e. The van der Waals surface area contributed by atoms with Gasteiger partial charge < -0.3 is 20.5 Å². The molecule has 1 saturated carbocycles. The van der Waals surface area contributed by atoms with E-state index in [0.29, 0.717) is 30.2 Å². The van der Waals surface area contributed by atoms with Crippen LogP contribution in [-0.2, 0) is 5.54 Å². The third-order valence-electron chi connectivity index (χ3n) is 6.37. The summed E-state index contributed by atoms with van der Waals surface area (Å²) in [5, 5.41) is 22.0. The summed E-state index contributed by atoms with van der Waals surface area (Å²) in [6.07, 6.45) is 3.27. The molecule has 3 rings (SSSR count). The molecule has 0 radical (unpaired) electrons. The van der Waals surface area contributed by atoms with Crippen LogP contribution in [0.3, 0.4) is 0 Å². The number of nitrogens with zero attached hydrogens (tertiary/aromatic N) is 2. The number of carbonyl (C=O) groups excluding carboxylic acids is 1. The lowest BCUT2D eigenvalue weighted by Crippen LogP contribution is -2.45. The average Bonchev–Trinajstić information content (AvgIpc) is 3.11. The van der Waals surface area contributed by atoms with Crippen molar-refractivity contribution < 1.29 is 14.6 Å². The normalized spacial score (nSPS) is 20.9. The summed E-state index contributed by atoms with van der Waals surface area (Å²) in [5.74, 6) is 0.849. The van der Waals surface area contributed by atoms with Crippen molar-refractivity contribution in [3.63, 3.8) is 0 Å². The van der Waals surface area contributed by atoms with Gasteiger partial charge in [-0.3, -0.25) is 9.48 Å². The van der Waals surface area contributed by atoms with Crippen LogP contribution in [0.15, 0.2) is 18.2 Å². The van der Waals surface area contributed by atoms with E-state index >= 15 is 0 Å². The summed E-state index contributed by atoms with van der Waals surface area (Å²) in [7, 11) is 1.61. The fourth-order valence-electron chi connectivity index (χ4n) is 4.38. The quantitative estimate of drug-likeness (QED) is 0.479. The molecule has 1 amide bonds. The number of halogens is 1. The molecule has 1 fully saturated rings. The number of aliphatic hydroxyl groups is 1. The molecule has 3 N–H and O–H groups in total. The Labute approximate surface area is 208 Å². The minimum absolute atomic E-state index is 0.144. The molecular weight excluding hydrogens is 452 g/mol. The summed E-state index contributed by atoms with van der Waals surface area (Å²) in [6.45, 7) is 12.5. The first-order valence-electron chi connectivity index (χ1n) is 12.1. The number of rotatable bonds is 7. The topological polar surface area (TPSA) is 88.4 Å². The molecule has 0 saturated heterocycles. The monoisotopic (exact) mass is 490 g/mol. The standard InChI is InChI=1S/C26H39ClN4O3/c1-16(2)29-18-8-9-19(20(14-18)34-7)23-21(27)22(30-31(23)25(4,5)6)24(32)28-15-26(33)12-10-17(3)11-13-26/h8-9,14,16-17,29,33H,10-13,15H2,1-7H3,(H,28,32). The Morgan fingerprint density at radius 1 is 1.32 bits per heavy atom. The number of ether oxygens (including phenoxy) is 1. The van der Waals surface area contributed by atoms with Crippen LogP contribution in [0.5, 0.6) is 5.75 Å². The van der Waals surface area contributed by atoms with Crippen molar-refractivity contribution in [2.75, 3.05) is 19.0 Å². The summed E-state index contributed by atoms with van der Waals surface area (Å²) in [6, 6.07) is 6.09. The van der Waals surface area contributed by atoms with Gasteiger partial charge in [-0.15, -0.1) is 0 Å². The number of carbonyl (C=O) groups is 1. The molecule has 1 aliphatic carbocycles. The number of hydrogen-bond acceptors (Lipinski definition) is 5. The minimum Gasteiger partial charge on any atom is -0.496 e. The van der Waals surface area contributed by atoms with E-state index in [1.54, 1.807) is 11.8 Å².